The predicted molar refractivity (Wildman–Crippen MR) is 79.6 cm³/mol. The van der Waals surface area contributed by atoms with Crippen molar-refractivity contribution in [2.45, 2.75) is 32.7 Å². The summed E-state index contributed by atoms with van der Waals surface area (Å²) in [5, 5.41) is 11.9. The average Bonchev–Trinajstić information content (AvgIpc) is 2.39. The minimum absolute atomic E-state index is 0.0968. The zero-order valence-corrected chi connectivity index (χ0v) is 12.6. The van der Waals surface area contributed by atoms with Crippen molar-refractivity contribution in [1.82, 2.24) is 4.90 Å². The molecule has 6 heteroatoms. The Balaban J connectivity index is 2.96. The van der Waals surface area contributed by atoms with Crippen molar-refractivity contribution < 1.29 is 14.7 Å². The number of anilines is 1. The topological polar surface area (TPSA) is 69.6 Å². The highest BCUT2D eigenvalue weighted by atomic mass is 35.5. The molecule has 0 atom stereocenters. The van der Waals surface area contributed by atoms with Gasteiger partial charge < -0.3 is 15.3 Å². The van der Waals surface area contributed by atoms with E-state index < -0.39 is 5.97 Å². The van der Waals surface area contributed by atoms with Gasteiger partial charge in [0.1, 0.15) is 5.56 Å². The van der Waals surface area contributed by atoms with E-state index in [0.717, 1.165) is 12.8 Å². The molecule has 0 aliphatic carbocycles. The van der Waals surface area contributed by atoms with E-state index in [1.165, 1.54) is 12.1 Å². The van der Waals surface area contributed by atoms with Gasteiger partial charge in [-0.05, 0) is 25.0 Å². The van der Waals surface area contributed by atoms with E-state index in [1.807, 2.05) is 13.8 Å². The fourth-order valence-corrected chi connectivity index (χ4v) is 2.31. The third kappa shape index (κ3) is 3.63. The summed E-state index contributed by atoms with van der Waals surface area (Å²) in [6.07, 6.45) is 1.67. The SMILES string of the molecule is CCC(CC)N(C)C(=O)Nc1cccc(Cl)c1C(=O)O. The van der Waals surface area contributed by atoms with Crippen LogP contribution in [0.15, 0.2) is 18.2 Å². The summed E-state index contributed by atoms with van der Waals surface area (Å²) in [7, 11) is 1.69. The minimum atomic E-state index is -1.17. The van der Waals surface area contributed by atoms with Crippen molar-refractivity contribution in [1.29, 1.82) is 0 Å². The number of hydrogen-bond donors (Lipinski definition) is 2. The van der Waals surface area contributed by atoms with Gasteiger partial charge in [0.25, 0.3) is 0 Å². The van der Waals surface area contributed by atoms with Gasteiger partial charge in [-0.2, -0.15) is 0 Å². The summed E-state index contributed by atoms with van der Waals surface area (Å²) in [5.74, 6) is -1.17. The minimum Gasteiger partial charge on any atom is -0.478 e. The number of carbonyl (C=O) groups excluding carboxylic acids is 1. The lowest BCUT2D eigenvalue weighted by Gasteiger charge is -2.26. The maximum atomic E-state index is 12.1. The van der Waals surface area contributed by atoms with Crippen LogP contribution in [0.2, 0.25) is 5.02 Å². The number of aromatic carboxylic acids is 1. The molecule has 0 spiro atoms. The number of halogens is 1. The molecule has 1 aromatic rings. The first-order valence-corrected chi connectivity index (χ1v) is 6.85. The zero-order chi connectivity index (χ0) is 15.3. The van der Waals surface area contributed by atoms with E-state index in [4.69, 9.17) is 16.7 Å². The van der Waals surface area contributed by atoms with Crippen molar-refractivity contribution in [3.05, 3.63) is 28.8 Å². The van der Waals surface area contributed by atoms with Crippen molar-refractivity contribution in [3.8, 4) is 0 Å². The number of rotatable bonds is 5. The quantitative estimate of drug-likeness (QED) is 0.871. The van der Waals surface area contributed by atoms with E-state index in [1.54, 1.807) is 18.0 Å². The largest absolute Gasteiger partial charge is 0.478 e. The predicted octanol–water partition coefficient (Wildman–Crippen LogP) is 3.69. The highest BCUT2D eigenvalue weighted by Gasteiger charge is 2.20. The number of carbonyl (C=O) groups is 2. The third-order valence-electron chi connectivity index (χ3n) is 3.28. The summed E-state index contributed by atoms with van der Waals surface area (Å²) in [6, 6.07) is 4.37. The lowest BCUT2D eigenvalue weighted by atomic mass is 10.1. The highest BCUT2D eigenvalue weighted by molar-refractivity contribution is 6.34. The Kier molecular flexibility index (Phi) is 5.82. The molecule has 0 radical (unpaired) electrons. The van der Waals surface area contributed by atoms with Crippen LogP contribution < -0.4 is 5.32 Å². The maximum absolute atomic E-state index is 12.1. The van der Waals surface area contributed by atoms with Crippen LogP contribution in [0, 0.1) is 0 Å². The Morgan fingerprint density at radius 2 is 1.95 bits per heavy atom. The fraction of sp³-hybridized carbons (Fsp3) is 0.429. The van der Waals surface area contributed by atoms with E-state index in [2.05, 4.69) is 5.32 Å². The molecular weight excluding hydrogens is 280 g/mol. The van der Waals surface area contributed by atoms with E-state index >= 15 is 0 Å². The number of benzene rings is 1. The van der Waals surface area contributed by atoms with Crippen LogP contribution in [0.4, 0.5) is 10.5 Å². The molecule has 0 fully saturated rings. The summed E-state index contributed by atoms with van der Waals surface area (Å²) in [5.41, 5.74) is 0.105. The monoisotopic (exact) mass is 298 g/mol. The van der Waals surface area contributed by atoms with Crippen molar-refractivity contribution in [3.63, 3.8) is 0 Å². The Labute approximate surface area is 123 Å². The molecule has 5 nitrogen and oxygen atoms in total. The number of urea groups is 1. The van der Waals surface area contributed by atoms with Crippen molar-refractivity contribution >= 4 is 29.3 Å². The van der Waals surface area contributed by atoms with Crippen LogP contribution in [0.5, 0.6) is 0 Å². The zero-order valence-electron chi connectivity index (χ0n) is 11.8. The molecule has 1 rings (SSSR count). The lowest BCUT2D eigenvalue weighted by molar-refractivity contribution is 0.0698. The van der Waals surface area contributed by atoms with E-state index in [9.17, 15) is 9.59 Å². The van der Waals surface area contributed by atoms with Crippen molar-refractivity contribution in [2.75, 3.05) is 12.4 Å². The second-order valence-electron chi connectivity index (χ2n) is 4.48. The Morgan fingerprint density at radius 3 is 2.45 bits per heavy atom. The molecule has 0 saturated carbocycles. The summed E-state index contributed by atoms with van der Waals surface area (Å²) in [4.78, 5) is 24.9. The normalized spacial score (nSPS) is 10.4. The smallest absolute Gasteiger partial charge is 0.339 e. The summed E-state index contributed by atoms with van der Waals surface area (Å²) in [6.45, 7) is 4.00. The molecule has 0 aliphatic heterocycles. The van der Waals surface area contributed by atoms with Gasteiger partial charge in [-0.1, -0.05) is 31.5 Å². The molecule has 0 aromatic heterocycles. The van der Waals surface area contributed by atoms with Crippen LogP contribution in [-0.4, -0.2) is 35.1 Å². The number of amides is 2. The fourth-order valence-electron chi connectivity index (χ4n) is 2.05. The van der Waals surface area contributed by atoms with Gasteiger partial charge in [0.2, 0.25) is 0 Å². The molecule has 2 N–H and O–H groups in total. The number of nitrogens with one attached hydrogen (secondary N) is 1. The van der Waals surface area contributed by atoms with Crippen LogP contribution in [0.1, 0.15) is 37.0 Å². The van der Waals surface area contributed by atoms with Gasteiger partial charge in [0.15, 0.2) is 0 Å². The number of carboxylic acids is 1. The Hall–Kier alpha value is -1.75. The average molecular weight is 299 g/mol. The number of carboxylic acid groups (broad SMARTS) is 1. The number of nitrogens with zero attached hydrogens (tertiary/aromatic N) is 1. The van der Waals surface area contributed by atoms with E-state index in [0.29, 0.717) is 0 Å². The Morgan fingerprint density at radius 1 is 1.35 bits per heavy atom. The lowest BCUT2D eigenvalue weighted by Crippen LogP contribution is -2.39. The molecule has 1 aromatic carbocycles. The van der Waals surface area contributed by atoms with Crippen LogP contribution in [0.25, 0.3) is 0 Å². The Bertz CT molecular complexity index is 501. The van der Waals surface area contributed by atoms with Crippen molar-refractivity contribution in [2.24, 2.45) is 0 Å². The molecular formula is C14H19ClN2O3. The first kappa shape index (κ1) is 16.3. The van der Waals surface area contributed by atoms with Crippen LogP contribution in [-0.2, 0) is 0 Å². The summed E-state index contributed by atoms with van der Waals surface area (Å²) >= 11 is 5.86. The standard InChI is InChI=1S/C14H19ClN2O3/c1-4-9(5-2)17(3)14(20)16-11-8-6-7-10(15)12(11)13(18)19/h6-9H,4-5H2,1-3H3,(H,16,20)(H,18,19). The van der Waals surface area contributed by atoms with Crippen LogP contribution >= 0.6 is 11.6 Å². The van der Waals surface area contributed by atoms with Gasteiger partial charge in [0, 0.05) is 13.1 Å². The first-order valence-electron chi connectivity index (χ1n) is 6.47. The van der Waals surface area contributed by atoms with Gasteiger partial charge in [-0.25, -0.2) is 9.59 Å². The molecule has 0 saturated heterocycles. The molecule has 0 aliphatic rings. The first-order chi connectivity index (χ1) is 9.42. The van der Waals surface area contributed by atoms with Gasteiger partial charge in [-0.15, -0.1) is 0 Å². The molecule has 0 heterocycles. The van der Waals surface area contributed by atoms with Gasteiger partial charge >= 0.3 is 12.0 Å². The molecule has 110 valence electrons. The number of hydrogen-bond acceptors (Lipinski definition) is 2. The third-order valence-corrected chi connectivity index (χ3v) is 3.59. The molecule has 20 heavy (non-hydrogen) atoms. The highest BCUT2D eigenvalue weighted by Crippen LogP contribution is 2.24. The maximum Gasteiger partial charge on any atom is 0.339 e. The van der Waals surface area contributed by atoms with Crippen LogP contribution in [0.3, 0.4) is 0 Å². The second-order valence-corrected chi connectivity index (χ2v) is 4.89. The molecule has 0 bridgehead atoms. The molecule has 2 amide bonds. The van der Waals surface area contributed by atoms with E-state index in [-0.39, 0.29) is 28.3 Å². The van der Waals surface area contributed by atoms with Gasteiger partial charge in [0.05, 0.1) is 10.7 Å². The second kappa shape index (κ2) is 7.14. The molecule has 0 unspecified atom stereocenters. The van der Waals surface area contributed by atoms with Gasteiger partial charge in [-0.3, -0.25) is 0 Å². The summed E-state index contributed by atoms with van der Waals surface area (Å²) < 4.78 is 0.